The third-order valence-electron chi connectivity index (χ3n) is 3.92. The molecule has 0 spiro atoms. The summed E-state index contributed by atoms with van der Waals surface area (Å²) in [4.78, 5) is 14.0. The number of carbonyl (C=O) groups is 1. The molecule has 0 aromatic carbocycles. The Bertz CT molecular complexity index is 206. The highest BCUT2D eigenvalue weighted by Gasteiger charge is 2.22. The fraction of sp³-hybridized carbons (Fsp3) is 0.923. The van der Waals surface area contributed by atoms with E-state index in [9.17, 15) is 4.79 Å². The number of rotatable bonds is 5. The van der Waals surface area contributed by atoms with E-state index in [0.29, 0.717) is 17.7 Å². The maximum absolute atomic E-state index is 12.0. The number of hydrogen-bond acceptors (Lipinski definition) is 2. The average molecular weight is 226 g/mol. The molecule has 0 unspecified atom stereocenters. The Morgan fingerprint density at radius 3 is 2.31 bits per heavy atom. The van der Waals surface area contributed by atoms with Crippen molar-refractivity contribution in [2.45, 2.75) is 46.0 Å². The Kier molecular flexibility index (Phi) is 5.81. The third kappa shape index (κ3) is 3.78. The summed E-state index contributed by atoms with van der Waals surface area (Å²) in [5.74, 6) is 1.56. The second kappa shape index (κ2) is 6.89. The van der Waals surface area contributed by atoms with Crippen LogP contribution in [0.25, 0.3) is 0 Å². The minimum atomic E-state index is 0.351. The van der Waals surface area contributed by atoms with Crippen molar-refractivity contribution in [1.29, 1.82) is 0 Å². The molecule has 0 aromatic heterocycles. The van der Waals surface area contributed by atoms with Gasteiger partial charge in [0.25, 0.3) is 0 Å². The number of likely N-dealkylation sites (tertiary alicyclic amines) is 1. The maximum atomic E-state index is 12.0. The lowest BCUT2D eigenvalue weighted by Gasteiger charge is -2.32. The molecule has 0 aliphatic carbocycles. The van der Waals surface area contributed by atoms with E-state index < -0.39 is 0 Å². The summed E-state index contributed by atoms with van der Waals surface area (Å²) in [7, 11) is 0. The number of nitrogens with two attached hydrogens (primary N) is 1. The summed E-state index contributed by atoms with van der Waals surface area (Å²) in [6.07, 6.45) is 5.14. The quantitative estimate of drug-likeness (QED) is 0.779. The van der Waals surface area contributed by atoms with Gasteiger partial charge in [0, 0.05) is 19.5 Å². The van der Waals surface area contributed by atoms with E-state index in [1.165, 1.54) is 0 Å². The Hall–Kier alpha value is -0.570. The first-order chi connectivity index (χ1) is 7.71. The highest BCUT2D eigenvalue weighted by atomic mass is 16.2. The number of hydrogen-bond donors (Lipinski definition) is 1. The van der Waals surface area contributed by atoms with E-state index >= 15 is 0 Å². The summed E-state index contributed by atoms with van der Waals surface area (Å²) < 4.78 is 0. The molecule has 94 valence electrons. The van der Waals surface area contributed by atoms with Gasteiger partial charge in [-0.3, -0.25) is 4.79 Å². The van der Waals surface area contributed by atoms with Gasteiger partial charge < -0.3 is 10.6 Å². The zero-order valence-corrected chi connectivity index (χ0v) is 10.7. The van der Waals surface area contributed by atoms with Crippen molar-refractivity contribution >= 4 is 5.91 Å². The van der Waals surface area contributed by atoms with Crippen LogP contribution in [0.1, 0.15) is 46.0 Å². The summed E-state index contributed by atoms with van der Waals surface area (Å²) >= 11 is 0. The summed E-state index contributed by atoms with van der Waals surface area (Å²) in [6.45, 7) is 6.94. The molecule has 3 nitrogen and oxygen atoms in total. The Labute approximate surface area is 99.4 Å². The first kappa shape index (κ1) is 13.5. The largest absolute Gasteiger partial charge is 0.343 e. The minimum Gasteiger partial charge on any atom is -0.343 e. The van der Waals surface area contributed by atoms with Gasteiger partial charge in [-0.25, -0.2) is 0 Å². The number of carbonyl (C=O) groups excluding carboxylic acids is 1. The molecule has 16 heavy (non-hydrogen) atoms. The van der Waals surface area contributed by atoms with Crippen LogP contribution in [0, 0.1) is 11.8 Å². The van der Waals surface area contributed by atoms with Gasteiger partial charge in [0.1, 0.15) is 0 Å². The van der Waals surface area contributed by atoms with E-state index in [2.05, 4.69) is 13.8 Å². The van der Waals surface area contributed by atoms with Gasteiger partial charge in [-0.1, -0.05) is 26.7 Å². The monoisotopic (exact) mass is 226 g/mol. The number of piperidine rings is 1. The molecular formula is C13H26N2O. The van der Waals surface area contributed by atoms with Crippen LogP contribution in [-0.2, 0) is 4.79 Å². The number of amides is 1. The molecule has 1 aliphatic heterocycles. The second-order valence-corrected chi connectivity index (χ2v) is 4.95. The summed E-state index contributed by atoms with van der Waals surface area (Å²) in [5, 5.41) is 0. The molecule has 3 heteroatoms. The standard InChI is InChI=1S/C13H26N2O/c1-3-11(4-2)9-13(16)15-7-5-12(10-14)6-8-15/h11-12H,3-10,14H2,1-2H3. The van der Waals surface area contributed by atoms with E-state index in [1.807, 2.05) is 4.90 Å². The van der Waals surface area contributed by atoms with Gasteiger partial charge in [-0.05, 0) is 31.2 Å². The molecule has 0 bridgehead atoms. The predicted molar refractivity (Wildman–Crippen MR) is 67.0 cm³/mol. The molecule has 0 aromatic rings. The van der Waals surface area contributed by atoms with Crippen LogP contribution in [0.3, 0.4) is 0 Å². The van der Waals surface area contributed by atoms with Gasteiger partial charge in [-0.2, -0.15) is 0 Å². The minimum absolute atomic E-state index is 0.351. The predicted octanol–water partition coefficient (Wildman–Crippen LogP) is 2.01. The fourth-order valence-corrected chi connectivity index (χ4v) is 2.37. The van der Waals surface area contributed by atoms with E-state index in [4.69, 9.17) is 5.73 Å². The zero-order chi connectivity index (χ0) is 12.0. The molecule has 1 saturated heterocycles. The van der Waals surface area contributed by atoms with Crippen LogP contribution < -0.4 is 5.73 Å². The normalized spacial score (nSPS) is 18.1. The molecule has 1 aliphatic rings. The van der Waals surface area contributed by atoms with Gasteiger partial charge in [-0.15, -0.1) is 0 Å². The molecule has 1 fully saturated rings. The van der Waals surface area contributed by atoms with Gasteiger partial charge in [0.15, 0.2) is 0 Å². The molecule has 1 heterocycles. The maximum Gasteiger partial charge on any atom is 0.222 e. The lowest BCUT2D eigenvalue weighted by molar-refractivity contribution is -0.133. The van der Waals surface area contributed by atoms with Crippen LogP contribution in [0.5, 0.6) is 0 Å². The van der Waals surface area contributed by atoms with E-state index in [-0.39, 0.29) is 0 Å². The Morgan fingerprint density at radius 2 is 1.88 bits per heavy atom. The van der Waals surface area contributed by atoms with Crippen molar-refractivity contribution in [1.82, 2.24) is 4.90 Å². The topological polar surface area (TPSA) is 46.3 Å². The lowest BCUT2D eigenvalue weighted by Crippen LogP contribution is -2.40. The van der Waals surface area contributed by atoms with Gasteiger partial charge in [0.2, 0.25) is 5.91 Å². The van der Waals surface area contributed by atoms with Crippen molar-refractivity contribution in [2.24, 2.45) is 17.6 Å². The van der Waals surface area contributed by atoms with Crippen molar-refractivity contribution in [3.63, 3.8) is 0 Å². The van der Waals surface area contributed by atoms with Crippen LogP contribution in [0.15, 0.2) is 0 Å². The highest BCUT2D eigenvalue weighted by Crippen LogP contribution is 2.19. The molecule has 0 atom stereocenters. The zero-order valence-electron chi connectivity index (χ0n) is 10.7. The van der Waals surface area contributed by atoms with Gasteiger partial charge in [0.05, 0.1) is 0 Å². The van der Waals surface area contributed by atoms with E-state index in [1.54, 1.807) is 0 Å². The molecule has 0 saturated carbocycles. The van der Waals surface area contributed by atoms with Crippen LogP contribution >= 0.6 is 0 Å². The SMILES string of the molecule is CCC(CC)CC(=O)N1CCC(CN)CC1. The van der Waals surface area contributed by atoms with E-state index in [0.717, 1.165) is 51.7 Å². The third-order valence-corrected chi connectivity index (χ3v) is 3.92. The molecule has 0 radical (unpaired) electrons. The molecule has 2 N–H and O–H groups in total. The molecule has 1 rings (SSSR count). The average Bonchev–Trinajstić information content (AvgIpc) is 2.35. The molecular weight excluding hydrogens is 200 g/mol. The van der Waals surface area contributed by atoms with Crippen LogP contribution in [0.4, 0.5) is 0 Å². The summed E-state index contributed by atoms with van der Waals surface area (Å²) in [5.41, 5.74) is 5.65. The highest BCUT2D eigenvalue weighted by molar-refractivity contribution is 5.76. The lowest BCUT2D eigenvalue weighted by atomic mass is 9.95. The smallest absolute Gasteiger partial charge is 0.222 e. The van der Waals surface area contributed by atoms with Gasteiger partial charge >= 0.3 is 0 Å². The second-order valence-electron chi connectivity index (χ2n) is 4.95. The van der Waals surface area contributed by atoms with Crippen molar-refractivity contribution < 1.29 is 4.79 Å². The Balaban J connectivity index is 2.32. The van der Waals surface area contributed by atoms with Crippen molar-refractivity contribution in [3.05, 3.63) is 0 Å². The fourth-order valence-electron chi connectivity index (χ4n) is 2.37. The first-order valence-electron chi connectivity index (χ1n) is 6.69. The van der Waals surface area contributed by atoms with Crippen molar-refractivity contribution in [2.75, 3.05) is 19.6 Å². The number of nitrogens with zero attached hydrogens (tertiary/aromatic N) is 1. The van der Waals surface area contributed by atoms with Crippen LogP contribution in [-0.4, -0.2) is 30.4 Å². The Morgan fingerprint density at radius 1 is 1.31 bits per heavy atom. The summed E-state index contributed by atoms with van der Waals surface area (Å²) in [6, 6.07) is 0. The van der Waals surface area contributed by atoms with Crippen molar-refractivity contribution in [3.8, 4) is 0 Å². The first-order valence-corrected chi connectivity index (χ1v) is 6.69. The van der Waals surface area contributed by atoms with Crippen LogP contribution in [0.2, 0.25) is 0 Å². The molecule has 1 amide bonds.